The Bertz CT molecular complexity index is 361. The lowest BCUT2D eigenvalue weighted by Crippen LogP contribution is -2.19. The van der Waals surface area contributed by atoms with Crippen LogP contribution in [0.5, 0.6) is 5.75 Å². The fraction of sp³-hybridized carbons (Fsp3) is 0.417. The van der Waals surface area contributed by atoms with Gasteiger partial charge in [0.25, 0.3) is 0 Å². The van der Waals surface area contributed by atoms with E-state index in [-0.39, 0.29) is 24.5 Å². The summed E-state index contributed by atoms with van der Waals surface area (Å²) in [6.07, 6.45) is 1.27. The molecule has 1 N–H and O–H groups in total. The zero-order valence-electron chi connectivity index (χ0n) is 9.64. The highest BCUT2D eigenvalue weighted by atomic mass is 35.5. The second-order valence-electron chi connectivity index (χ2n) is 3.75. The van der Waals surface area contributed by atoms with Crippen LogP contribution in [0.2, 0.25) is 0 Å². The minimum Gasteiger partial charge on any atom is -0.489 e. The molecule has 0 saturated carbocycles. The van der Waals surface area contributed by atoms with Gasteiger partial charge in [0.1, 0.15) is 11.9 Å². The molecule has 5 heteroatoms. The van der Waals surface area contributed by atoms with E-state index in [2.05, 4.69) is 10.1 Å². The Hall–Kier alpha value is -1.26. The van der Waals surface area contributed by atoms with Gasteiger partial charge in [-0.25, -0.2) is 4.79 Å². The van der Waals surface area contributed by atoms with Gasteiger partial charge in [-0.3, -0.25) is 0 Å². The summed E-state index contributed by atoms with van der Waals surface area (Å²) in [7, 11) is 1.37. The Kier molecular flexibility index (Phi) is 5.25. The first-order chi connectivity index (χ1) is 7.79. The monoisotopic (exact) mass is 257 g/mol. The smallest absolute Gasteiger partial charge is 0.337 e. The molecule has 0 bridgehead atoms. The zero-order valence-corrected chi connectivity index (χ0v) is 10.5. The minimum atomic E-state index is -0.325. The van der Waals surface area contributed by atoms with Crippen LogP contribution in [0.25, 0.3) is 0 Å². The number of methoxy groups -OCH3 is 1. The molecule has 0 radical (unpaired) electrons. The number of hydrogen-bond acceptors (Lipinski definition) is 4. The van der Waals surface area contributed by atoms with Crippen molar-refractivity contribution in [1.82, 2.24) is 5.32 Å². The van der Waals surface area contributed by atoms with Crippen LogP contribution >= 0.6 is 12.4 Å². The van der Waals surface area contributed by atoms with E-state index in [4.69, 9.17) is 4.74 Å². The first kappa shape index (κ1) is 13.8. The van der Waals surface area contributed by atoms with Crippen molar-refractivity contribution in [3.63, 3.8) is 0 Å². The van der Waals surface area contributed by atoms with E-state index in [0.717, 1.165) is 25.3 Å². The van der Waals surface area contributed by atoms with Gasteiger partial charge in [-0.2, -0.15) is 0 Å². The van der Waals surface area contributed by atoms with Gasteiger partial charge < -0.3 is 14.8 Å². The molecular formula is C12H16ClNO3. The molecule has 1 fully saturated rings. The van der Waals surface area contributed by atoms with Crippen molar-refractivity contribution >= 4 is 18.4 Å². The molecule has 1 atom stereocenters. The molecule has 1 aromatic carbocycles. The van der Waals surface area contributed by atoms with E-state index in [1.165, 1.54) is 7.11 Å². The molecule has 1 aliphatic heterocycles. The standard InChI is InChI=1S/C12H15NO3.ClH/c1-15-12(14)9-2-4-10(5-3-9)16-11-6-7-13-8-11;/h2-5,11,13H,6-8H2,1H3;1H/t11-;/m1./s1. The van der Waals surface area contributed by atoms with E-state index in [9.17, 15) is 4.79 Å². The number of benzene rings is 1. The highest BCUT2D eigenvalue weighted by Crippen LogP contribution is 2.16. The molecule has 17 heavy (non-hydrogen) atoms. The van der Waals surface area contributed by atoms with Crippen LogP contribution in [-0.2, 0) is 4.74 Å². The molecule has 0 aliphatic carbocycles. The van der Waals surface area contributed by atoms with Crippen LogP contribution in [0, 0.1) is 0 Å². The summed E-state index contributed by atoms with van der Waals surface area (Å²) in [6.45, 7) is 1.89. The van der Waals surface area contributed by atoms with Crippen molar-refractivity contribution < 1.29 is 14.3 Å². The van der Waals surface area contributed by atoms with Crippen molar-refractivity contribution in [3.8, 4) is 5.75 Å². The van der Waals surface area contributed by atoms with E-state index in [1.54, 1.807) is 24.3 Å². The average Bonchev–Trinajstić information content (AvgIpc) is 2.82. The van der Waals surface area contributed by atoms with E-state index >= 15 is 0 Å². The number of carbonyl (C=O) groups is 1. The molecule has 0 amide bonds. The molecule has 1 aliphatic rings. The van der Waals surface area contributed by atoms with Gasteiger partial charge in [-0.15, -0.1) is 12.4 Å². The SMILES string of the molecule is COC(=O)c1ccc(O[C@@H]2CCNC2)cc1.Cl. The summed E-state index contributed by atoms with van der Waals surface area (Å²) in [6, 6.07) is 7.02. The molecule has 1 saturated heterocycles. The number of halogens is 1. The van der Waals surface area contributed by atoms with Gasteiger partial charge in [0.2, 0.25) is 0 Å². The highest BCUT2D eigenvalue weighted by molar-refractivity contribution is 5.89. The van der Waals surface area contributed by atoms with Crippen LogP contribution in [0.4, 0.5) is 0 Å². The third-order valence-electron chi connectivity index (χ3n) is 2.59. The maximum absolute atomic E-state index is 11.2. The predicted octanol–water partition coefficient (Wildman–Crippen LogP) is 1.64. The fourth-order valence-electron chi connectivity index (χ4n) is 1.71. The van der Waals surface area contributed by atoms with Crippen molar-refractivity contribution in [2.24, 2.45) is 0 Å². The van der Waals surface area contributed by atoms with E-state index in [0.29, 0.717) is 5.56 Å². The van der Waals surface area contributed by atoms with Crippen LogP contribution in [0.1, 0.15) is 16.8 Å². The number of hydrogen-bond donors (Lipinski definition) is 1. The second-order valence-corrected chi connectivity index (χ2v) is 3.75. The van der Waals surface area contributed by atoms with Crippen LogP contribution in [0.15, 0.2) is 24.3 Å². The first-order valence-corrected chi connectivity index (χ1v) is 5.35. The number of carbonyl (C=O) groups excluding carboxylic acids is 1. The molecule has 2 rings (SSSR count). The van der Waals surface area contributed by atoms with Gasteiger partial charge in [0.05, 0.1) is 12.7 Å². The molecule has 1 aromatic rings. The van der Waals surface area contributed by atoms with Gasteiger partial charge in [-0.05, 0) is 37.2 Å². The summed E-state index contributed by atoms with van der Waals surface area (Å²) in [5, 5.41) is 3.23. The Labute approximate surface area is 107 Å². The lowest BCUT2D eigenvalue weighted by atomic mass is 10.2. The Balaban J connectivity index is 0.00000144. The summed E-state index contributed by atoms with van der Waals surface area (Å²) in [5.74, 6) is 0.468. The molecule has 1 heterocycles. The Morgan fingerprint density at radius 2 is 2.06 bits per heavy atom. The minimum absolute atomic E-state index is 0. The summed E-state index contributed by atoms with van der Waals surface area (Å²) >= 11 is 0. The topological polar surface area (TPSA) is 47.6 Å². The molecule has 0 unspecified atom stereocenters. The lowest BCUT2D eigenvalue weighted by molar-refractivity contribution is 0.0600. The number of nitrogens with one attached hydrogen (secondary N) is 1. The van der Waals surface area contributed by atoms with Crippen LogP contribution < -0.4 is 10.1 Å². The summed E-state index contributed by atoms with van der Waals surface area (Å²) < 4.78 is 10.3. The maximum atomic E-state index is 11.2. The van der Waals surface area contributed by atoms with Gasteiger partial charge in [-0.1, -0.05) is 0 Å². The van der Waals surface area contributed by atoms with Crippen molar-refractivity contribution in [2.45, 2.75) is 12.5 Å². The van der Waals surface area contributed by atoms with Crippen LogP contribution in [-0.4, -0.2) is 32.3 Å². The molecular weight excluding hydrogens is 242 g/mol. The van der Waals surface area contributed by atoms with Gasteiger partial charge in [0.15, 0.2) is 0 Å². The molecule has 94 valence electrons. The Morgan fingerprint density at radius 1 is 1.35 bits per heavy atom. The van der Waals surface area contributed by atoms with Gasteiger partial charge in [0, 0.05) is 6.54 Å². The zero-order chi connectivity index (χ0) is 11.4. The third-order valence-corrected chi connectivity index (χ3v) is 2.59. The number of rotatable bonds is 3. The van der Waals surface area contributed by atoms with Gasteiger partial charge >= 0.3 is 5.97 Å². The predicted molar refractivity (Wildman–Crippen MR) is 66.9 cm³/mol. The molecule has 4 nitrogen and oxygen atoms in total. The second kappa shape index (κ2) is 6.47. The normalized spacial score (nSPS) is 18.3. The molecule has 0 aromatic heterocycles. The van der Waals surface area contributed by atoms with Crippen molar-refractivity contribution in [1.29, 1.82) is 0 Å². The molecule has 0 spiro atoms. The number of ether oxygens (including phenoxy) is 2. The largest absolute Gasteiger partial charge is 0.489 e. The van der Waals surface area contributed by atoms with Crippen molar-refractivity contribution in [2.75, 3.05) is 20.2 Å². The quantitative estimate of drug-likeness (QED) is 0.837. The first-order valence-electron chi connectivity index (χ1n) is 5.35. The maximum Gasteiger partial charge on any atom is 0.337 e. The van der Waals surface area contributed by atoms with E-state index in [1.807, 2.05) is 0 Å². The fourth-order valence-corrected chi connectivity index (χ4v) is 1.71. The highest BCUT2D eigenvalue weighted by Gasteiger charge is 2.15. The van der Waals surface area contributed by atoms with E-state index < -0.39 is 0 Å². The van der Waals surface area contributed by atoms with Crippen molar-refractivity contribution in [3.05, 3.63) is 29.8 Å². The summed E-state index contributed by atoms with van der Waals surface area (Å²) in [4.78, 5) is 11.2. The van der Waals surface area contributed by atoms with Crippen LogP contribution in [0.3, 0.4) is 0 Å². The lowest BCUT2D eigenvalue weighted by Gasteiger charge is -2.12. The Morgan fingerprint density at radius 3 is 2.59 bits per heavy atom. The summed E-state index contributed by atoms with van der Waals surface area (Å²) in [5.41, 5.74) is 0.541. The number of esters is 1. The average molecular weight is 258 g/mol. The third kappa shape index (κ3) is 3.61.